The van der Waals surface area contributed by atoms with Gasteiger partial charge in [-0.05, 0) is 25.7 Å². The average Bonchev–Trinajstić information content (AvgIpc) is 2.93. The van der Waals surface area contributed by atoms with E-state index < -0.39 is 5.97 Å². The third-order valence-electron chi connectivity index (χ3n) is 3.47. The lowest BCUT2D eigenvalue weighted by Crippen LogP contribution is -2.26. The highest BCUT2D eigenvalue weighted by Gasteiger charge is 2.28. The van der Waals surface area contributed by atoms with E-state index in [1.807, 2.05) is 0 Å². The number of rotatable bonds is 5. The summed E-state index contributed by atoms with van der Waals surface area (Å²) in [5.41, 5.74) is 5.39. The van der Waals surface area contributed by atoms with Crippen molar-refractivity contribution >= 4 is 34.1 Å². The number of carboxylic acids is 1. The van der Waals surface area contributed by atoms with Gasteiger partial charge in [-0.3, -0.25) is 4.79 Å². The highest BCUT2D eigenvalue weighted by molar-refractivity contribution is 7.13. The number of methoxy groups -OCH3 is 1. The molecule has 1 aromatic rings. The number of ether oxygens (including phenoxy) is 1. The number of carbonyl (C=O) groups excluding carboxylic acids is 1. The van der Waals surface area contributed by atoms with Crippen molar-refractivity contribution < 1.29 is 24.3 Å². The van der Waals surface area contributed by atoms with Crippen molar-refractivity contribution in [2.45, 2.75) is 31.8 Å². The maximum Gasteiger partial charge on any atom is 0.360 e. The summed E-state index contributed by atoms with van der Waals surface area (Å²) in [6.07, 6.45) is 2.30. The highest BCUT2D eigenvalue weighted by atomic mass is 32.1. The third-order valence-corrected chi connectivity index (χ3v) is 4.14. The molecule has 8 nitrogen and oxygen atoms in total. The Bertz CT molecular complexity index is 578. The molecule has 0 spiro atoms. The van der Waals surface area contributed by atoms with Gasteiger partial charge in [0.1, 0.15) is 11.8 Å². The summed E-state index contributed by atoms with van der Waals surface area (Å²) in [4.78, 5) is 31.8. The molecule has 3 N–H and O–H groups in total. The first-order valence-corrected chi connectivity index (χ1v) is 7.65. The third kappa shape index (κ3) is 3.94. The molecule has 1 aromatic heterocycles. The number of thiazole rings is 1. The molecular weight excluding hydrogens is 310 g/mol. The summed E-state index contributed by atoms with van der Waals surface area (Å²) in [6, 6.07) is 0. The largest absolute Gasteiger partial charge is 0.476 e. The van der Waals surface area contributed by atoms with Crippen LogP contribution in [0.2, 0.25) is 0 Å². The second kappa shape index (κ2) is 7.21. The van der Waals surface area contributed by atoms with Crippen LogP contribution in [-0.4, -0.2) is 41.0 Å². The number of nitrogens with zero attached hydrogens (tertiary/aromatic N) is 2. The fourth-order valence-corrected chi connectivity index (χ4v) is 2.84. The molecule has 0 saturated heterocycles. The van der Waals surface area contributed by atoms with Crippen LogP contribution >= 0.6 is 11.3 Å². The average molecular weight is 327 g/mol. The predicted molar refractivity (Wildman–Crippen MR) is 79.5 cm³/mol. The SMILES string of the molecule is COC(=O)[C@H]1CC[C@H](O/N=C(\C(=O)O)c2csc(N)n2)CC1. The zero-order valence-corrected chi connectivity index (χ0v) is 12.8. The highest BCUT2D eigenvalue weighted by Crippen LogP contribution is 2.27. The Morgan fingerprint density at radius 2 is 2.09 bits per heavy atom. The van der Waals surface area contributed by atoms with Crippen LogP contribution in [0.4, 0.5) is 5.13 Å². The van der Waals surface area contributed by atoms with Crippen molar-refractivity contribution in [2.75, 3.05) is 12.8 Å². The lowest BCUT2D eigenvalue weighted by atomic mass is 9.87. The maximum absolute atomic E-state index is 11.4. The Morgan fingerprint density at radius 3 is 2.59 bits per heavy atom. The summed E-state index contributed by atoms with van der Waals surface area (Å²) in [7, 11) is 1.37. The minimum atomic E-state index is -1.23. The molecule has 0 unspecified atom stereocenters. The molecule has 0 amide bonds. The molecule has 1 aliphatic rings. The Hall–Kier alpha value is -2.16. The van der Waals surface area contributed by atoms with E-state index in [9.17, 15) is 9.59 Å². The van der Waals surface area contributed by atoms with Gasteiger partial charge in [-0.2, -0.15) is 0 Å². The van der Waals surface area contributed by atoms with E-state index in [0.29, 0.717) is 25.7 Å². The molecule has 0 aliphatic heterocycles. The van der Waals surface area contributed by atoms with Gasteiger partial charge in [0.05, 0.1) is 13.0 Å². The molecule has 120 valence electrons. The van der Waals surface area contributed by atoms with Crippen LogP contribution in [0, 0.1) is 5.92 Å². The van der Waals surface area contributed by atoms with E-state index in [0.717, 1.165) is 11.3 Å². The lowest BCUT2D eigenvalue weighted by Gasteiger charge is -2.25. The molecule has 22 heavy (non-hydrogen) atoms. The number of carbonyl (C=O) groups is 2. The molecule has 1 fully saturated rings. The van der Waals surface area contributed by atoms with E-state index >= 15 is 0 Å². The molecule has 1 aliphatic carbocycles. The number of nitrogens with two attached hydrogens (primary N) is 1. The summed E-state index contributed by atoms with van der Waals surface area (Å²) < 4.78 is 4.71. The second-order valence-corrected chi connectivity index (χ2v) is 5.81. The van der Waals surface area contributed by atoms with Gasteiger partial charge >= 0.3 is 11.9 Å². The first kappa shape index (κ1) is 16.2. The van der Waals surface area contributed by atoms with E-state index in [-0.39, 0.29) is 34.5 Å². The number of oxime groups is 1. The van der Waals surface area contributed by atoms with Crippen LogP contribution < -0.4 is 5.73 Å². The van der Waals surface area contributed by atoms with Gasteiger partial charge in [-0.25, -0.2) is 9.78 Å². The number of hydrogen-bond donors (Lipinski definition) is 2. The molecule has 9 heteroatoms. The van der Waals surface area contributed by atoms with Crippen molar-refractivity contribution in [3.8, 4) is 0 Å². The van der Waals surface area contributed by atoms with Crippen LogP contribution in [0.1, 0.15) is 31.4 Å². The van der Waals surface area contributed by atoms with Gasteiger partial charge < -0.3 is 20.4 Å². The van der Waals surface area contributed by atoms with Crippen molar-refractivity contribution in [2.24, 2.45) is 11.1 Å². The molecule has 0 aromatic carbocycles. The lowest BCUT2D eigenvalue weighted by molar-refractivity contribution is -0.147. The summed E-state index contributed by atoms with van der Waals surface area (Å²) in [6.45, 7) is 0. The smallest absolute Gasteiger partial charge is 0.360 e. The van der Waals surface area contributed by atoms with Crippen LogP contribution in [0.3, 0.4) is 0 Å². The van der Waals surface area contributed by atoms with Gasteiger partial charge in [0.2, 0.25) is 5.71 Å². The van der Waals surface area contributed by atoms with Gasteiger partial charge in [0.15, 0.2) is 5.13 Å². The molecule has 0 bridgehead atoms. The fraction of sp³-hybridized carbons (Fsp3) is 0.538. The van der Waals surface area contributed by atoms with E-state index in [2.05, 4.69) is 10.1 Å². The van der Waals surface area contributed by atoms with Crippen LogP contribution in [-0.2, 0) is 19.2 Å². The number of anilines is 1. The van der Waals surface area contributed by atoms with E-state index in [4.69, 9.17) is 20.4 Å². The number of aromatic nitrogens is 1. The normalized spacial score (nSPS) is 22.1. The second-order valence-electron chi connectivity index (χ2n) is 4.92. The number of carboxylic acid groups (broad SMARTS) is 1. The first-order valence-electron chi connectivity index (χ1n) is 6.77. The van der Waals surface area contributed by atoms with Gasteiger partial charge in [0, 0.05) is 5.38 Å². The fourth-order valence-electron chi connectivity index (χ4n) is 2.29. The first-order chi connectivity index (χ1) is 10.5. The minimum absolute atomic E-state index is 0.119. The van der Waals surface area contributed by atoms with Gasteiger partial charge in [-0.15, -0.1) is 11.3 Å². The Kier molecular flexibility index (Phi) is 5.31. The predicted octanol–water partition coefficient (Wildman–Crippen LogP) is 1.26. The van der Waals surface area contributed by atoms with Crippen LogP contribution in [0.25, 0.3) is 0 Å². The van der Waals surface area contributed by atoms with Gasteiger partial charge in [0.25, 0.3) is 0 Å². The maximum atomic E-state index is 11.4. The zero-order chi connectivity index (χ0) is 16.1. The standard InChI is InChI=1S/C13H17N3O5S/c1-20-12(19)7-2-4-8(5-3-7)21-16-10(11(17)18)9-6-22-13(14)15-9/h6-8H,2-5H2,1H3,(H2,14,15)(H,17,18)/b16-10-/t7-,8-. The van der Waals surface area contributed by atoms with Crippen molar-refractivity contribution in [1.29, 1.82) is 0 Å². The topological polar surface area (TPSA) is 124 Å². The van der Waals surface area contributed by atoms with Crippen LogP contribution in [0.15, 0.2) is 10.5 Å². The number of aliphatic carboxylic acids is 1. The summed E-state index contributed by atoms with van der Waals surface area (Å²) in [5, 5.41) is 14.7. The molecule has 1 saturated carbocycles. The number of hydrogen-bond acceptors (Lipinski definition) is 8. The molecule has 2 rings (SSSR count). The Labute approximate surface area is 130 Å². The molecule has 1 heterocycles. The van der Waals surface area contributed by atoms with Crippen LogP contribution in [0.5, 0.6) is 0 Å². The molecule has 0 atom stereocenters. The zero-order valence-electron chi connectivity index (χ0n) is 12.0. The monoisotopic (exact) mass is 327 g/mol. The number of esters is 1. The summed E-state index contributed by atoms with van der Waals surface area (Å²) in [5.74, 6) is -1.56. The van der Waals surface area contributed by atoms with Crippen molar-refractivity contribution in [3.63, 3.8) is 0 Å². The quantitative estimate of drug-likeness (QED) is 0.474. The minimum Gasteiger partial charge on any atom is -0.476 e. The molecular formula is C13H17N3O5S. The Morgan fingerprint density at radius 1 is 1.41 bits per heavy atom. The molecule has 0 radical (unpaired) electrons. The van der Waals surface area contributed by atoms with Crippen molar-refractivity contribution in [1.82, 2.24) is 4.98 Å². The van der Waals surface area contributed by atoms with Crippen molar-refractivity contribution in [3.05, 3.63) is 11.1 Å². The van der Waals surface area contributed by atoms with E-state index in [1.165, 1.54) is 12.5 Å². The summed E-state index contributed by atoms with van der Waals surface area (Å²) >= 11 is 1.13. The Balaban J connectivity index is 1.95. The van der Waals surface area contributed by atoms with Gasteiger partial charge in [-0.1, -0.05) is 5.16 Å². The number of nitrogen functional groups attached to an aromatic ring is 1. The van der Waals surface area contributed by atoms with E-state index in [1.54, 1.807) is 0 Å².